The highest BCUT2D eigenvalue weighted by Gasteiger charge is 2.04. The summed E-state index contributed by atoms with van der Waals surface area (Å²) < 4.78 is 0. The molecule has 2 rings (SSSR count). The van der Waals surface area contributed by atoms with E-state index in [0.29, 0.717) is 17.8 Å². The lowest BCUT2D eigenvalue weighted by molar-refractivity contribution is -0.119. The van der Waals surface area contributed by atoms with Gasteiger partial charge in [0.1, 0.15) is 6.07 Å². The van der Waals surface area contributed by atoms with Gasteiger partial charge in [0.25, 0.3) is 0 Å². The molecule has 2 aromatic rings. The van der Waals surface area contributed by atoms with E-state index in [2.05, 4.69) is 15.6 Å². The molecule has 1 aromatic carbocycles. The number of hydrogen-bond donors (Lipinski definition) is 2. The van der Waals surface area contributed by atoms with Crippen molar-refractivity contribution >= 4 is 11.6 Å². The van der Waals surface area contributed by atoms with E-state index in [-0.39, 0.29) is 12.5 Å². The molecule has 0 saturated carbocycles. The molecule has 1 amide bonds. The maximum Gasteiger partial charge on any atom is 0.239 e. The Labute approximate surface area is 117 Å². The first-order valence-electron chi connectivity index (χ1n) is 6.18. The summed E-state index contributed by atoms with van der Waals surface area (Å²) in [5, 5.41) is 14.6. The number of hydrogen-bond acceptors (Lipinski definition) is 4. The third-order valence-corrected chi connectivity index (χ3v) is 2.71. The first-order valence-corrected chi connectivity index (χ1v) is 6.18. The fourth-order valence-electron chi connectivity index (χ4n) is 1.67. The quantitative estimate of drug-likeness (QED) is 0.863. The van der Waals surface area contributed by atoms with Crippen molar-refractivity contribution in [1.29, 1.82) is 5.26 Å². The molecule has 5 heteroatoms. The molecule has 0 aliphatic carbocycles. The fourth-order valence-corrected chi connectivity index (χ4v) is 1.67. The van der Waals surface area contributed by atoms with Crippen LogP contribution in [0.25, 0.3) is 0 Å². The first kappa shape index (κ1) is 13.6. The van der Waals surface area contributed by atoms with E-state index in [1.165, 1.54) is 6.20 Å². The van der Waals surface area contributed by atoms with Crippen molar-refractivity contribution in [2.45, 2.75) is 6.54 Å². The van der Waals surface area contributed by atoms with Crippen LogP contribution in [0.1, 0.15) is 11.1 Å². The van der Waals surface area contributed by atoms with Crippen LogP contribution in [0.5, 0.6) is 0 Å². The van der Waals surface area contributed by atoms with E-state index >= 15 is 0 Å². The fraction of sp³-hybridized carbons (Fsp3) is 0.133. The molecule has 100 valence electrons. The van der Waals surface area contributed by atoms with Crippen molar-refractivity contribution in [3.8, 4) is 6.07 Å². The van der Waals surface area contributed by atoms with Gasteiger partial charge in [0, 0.05) is 12.7 Å². The third kappa shape index (κ3) is 3.82. The van der Waals surface area contributed by atoms with Crippen LogP contribution < -0.4 is 10.6 Å². The van der Waals surface area contributed by atoms with Gasteiger partial charge in [-0.2, -0.15) is 5.26 Å². The van der Waals surface area contributed by atoms with Crippen LogP contribution in [0, 0.1) is 11.3 Å². The first-order chi connectivity index (χ1) is 9.79. The molecule has 5 nitrogen and oxygen atoms in total. The van der Waals surface area contributed by atoms with Crippen molar-refractivity contribution < 1.29 is 4.79 Å². The minimum absolute atomic E-state index is 0.104. The van der Waals surface area contributed by atoms with Crippen LogP contribution >= 0.6 is 0 Å². The topological polar surface area (TPSA) is 77.8 Å². The Morgan fingerprint density at radius 3 is 2.80 bits per heavy atom. The van der Waals surface area contributed by atoms with Gasteiger partial charge in [-0.05, 0) is 11.6 Å². The van der Waals surface area contributed by atoms with Gasteiger partial charge < -0.3 is 10.6 Å². The molecular weight excluding hydrogens is 252 g/mol. The number of aromatic nitrogens is 1. The molecule has 0 unspecified atom stereocenters. The minimum atomic E-state index is -0.137. The molecule has 2 N–H and O–H groups in total. The number of benzene rings is 1. The molecule has 0 aliphatic rings. The Balaban J connectivity index is 1.82. The van der Waals surface area contributed by atoms with Gasteiger partial charge >= 0.3 is 0 Å². The zero-order chi connectivity index (χ0) is 14.2. The lowest BCUT2D eigenvalue weighted by Gasteiger charge is -2.08. The predicted octanol–water partition coefficient (Wildman–Crippen LogP) is 1.68. The predicted molar refractivity (Wildman–Crippen MR) is 75.7 cm³/mol. The highest BCUT2D eigenvalue weighted by molar-refractivity contribution is 5.81. The summed E-state index contributed by atoms with van der Waals surface area (Å²) in [6.07, 6.45) is 3.07. The zero-order valence-electron chi connectivity index (χ0n) is 10.8. The smallest absolute Gasteiger partial charge is 0.239 e. The molecule has 1 heterocycles. The van der Waals surface area contributed by atoms with Gasteiger partial charge in [-0.3, -0.25) is 9.78 Å². The molecule has 0 fully saturated rings. The maximum absolute atomic E-state index is 11.7. The molecule has 0 atom stereocenters. The van der Waals surface area contributed by atoms with Crippen molar-refractivity contribution in [3.05, 3.63) is 59.9 Å². The Morgan fingerprint density at radius 2 is 2.05 bits per heavy atom. The van der Waals surface area contributed by atoms with Crippen LogP contribution in [0.15, 0.2) is 48.8 Å². The summed E-state index contributed by atoms with van der Waals surface area (Å²) in [6.45, 7) is 0.590. The summed E-state index contributed by atoms with van der Waals surface area (Å²) in [7, 11) is 0. The van der Waals surface area contributed by atoms with E-state index in [9.17, 15) is 4.79 Å². The molecule has 0 aliphatic heterocycles. The summed E-state index contributed by atoms with van der Waals surface area (Å²) in [5.41, 5.74) is 2.07. The number of nitrogens with zero attached hydrogens (tertiary/aromatic N) is 2. The van der Waals surface area contributed by atoms with Crippen molar-refractivity contribution in [2.24, 2.45) is 0 Å². The van der Waals surface area contributed by atoms with Crippen LogP contribution in [-0.4, -0.2) is 17.4 Å². The summed E-state index contributed by atoms with van der Waals surface area (Å²) in [6, 6.07) is 13.3. The van der Waals surface area contributed by atoms with Crippen LogP contribution in [0.3, 0.4) is 0 Å². The summed E-state index contributed by atoms with van der Waals surface area (Å²) in [5.74, 6) is -0.137. The molecular formula is C15H14N4O. The van der Waals surface area contributed by atoms with E-state index < -0.39 is 0 Å². The molecule has 0 bridgehead atoms. The van der Waals surface area contributed by atoms with Crippen LogP contribution in [0.2, 0.25) is 0 Å². The number of amides is 1. The van der Waals surface area contributed by atoms with Gasteiger partial charge in [-0.15, -0.1) is 0 Å². The van der Waals surface area contributed by atoms with Gasteiger partial charge in [-0.1, -0.05) is 30.3 Å². The van der Waals surface area contributed by atoms with Crippen molar-refractivity contribution in [3.63, 3.8) is 0 Å². The summed E-state index contributed by atoms with van der Waals surface area (Å²) >= 11 is 0. The van der Waals surface area contributed by atoms with Crippen LogP contribution in [0.4, 0.5) is 5.69 Å². The number of carbonyl (C=O) groups excluding carboxylic acids is 1. The van der Waals surface area contributed by atoms with Crippen molar-refractivity contribution in [2.75, 3.05) is 11.9 Å². The minimum Gasteiger partial charge on any atom is -0.374 e. The van der Waals surface area contributed by atoms with Crippen LogP contribution in [-0.2, 0) is 11.3 Å². The zero-order valence-corrected chi connectivity index (χ0v) is 10.8. The van der Waals surface area contributed by atoms with E-state index in [4.69, 9.17) is 5.26 Å². The second kappa shape index (κ2) is 6.90. The molecule has 0 spiro atoms. The van der Waals surface area contributed by atoms with E-state index in [1.54, 1.807) is 12.3 Å². The number of anilines is 1. The molecule has 1 aromatic heterocycles. The lowest BCUT2D eigenvalue weighted by Crippen LogP contribution is -2.29. The van der Waals surface area contributed by atoms with E-state index in [0.717, 1.165) is 5.56 Å². The highest BCUT2D eigenvalue weighted by Crippen LogP contribution is 2.10. The highest BCUT2D eigenvalue weighted by atomic mass is 16.1. The SMILES string of the molecule is N#Cc1ccncc1NCC(=O)NCc1ccccc1. The second-order valence-electron chi connectivity index (χ2n) is 4.15. The average molecular weight is 266 g/mol. The molecule has 0 saturated heterocycles. The monoisotopic (exact) mass is 266 g/mol. The number of rotatable bonds is 5. The normalized spacial score (nSPS) is 9.55. The number of carbonyl (C=O) groups is 1. The third-order valence-electron chi connectivity index (χ3n) is 2.71. The Morgan fingerprint density at radius 1 is 1.25 bits per heavy atom. The van der Waals surface area contributed by atoms with Gasteiger partial charge in [0.05, 0.1) is 24.0 Å². The lowest BCUT2D eigenvalue weighted by atomic mass is 10.2. The van der Waals surface area contributed by atoms with Gasteiger partial charge in [-0.25, -0.2) is 0 Å². The number of nitriles is 1. The largest absolute Gasteiger partial charge is 0.374 e. The average Bonchev–Trinajstić information content (AvgIpc) is 2.52. The van der Waals surface area contributed by atoms with Crippen molar-refractivity contribution in [1.82, 2.24) is 10.3 Å². The van der Waals surface area contributed by atoms with E-state index in [1.807, 2.05) is 36.4 Å². The number of pyridine rings is 1. The Bertz CT molecular complexity index is 619. The second-order valence-corrected chi connectivity index (χ2v) is 4.15. The maximum atomic E-state index is 11.7. The Hall–Kier alpha value is -2.87. The Kier molecular flexibility index (Phi) is 4.68. The number of nitrogens with one attached hydrogen (secondary N) is 2. The standard InChI is InChI=1S/C15H14N4O/c16-8-13-6-7-17-10-14(13)18-11-15(20)19-9-12-4-2-1-3-5-12/h1-7,10,18H,9,11H2,(H,19,20). The van der Waals surface area contributed by atoms with Gasteiger partial charge in [0.2, 0.25) is 5.91 Å². The van der Waals surface area contributed by atoms with Gasteiger partial charge in [0.15, 0.2) is 0 Å². The molecule has 20 heavy (non-hydrogen) atoms. The molecule has 0 radical (unpaired) electrons. The summed E-state index contributed by atoms with van der Waals surface area (Å²) in [4.78, 5) is 15.6.